The number of fused-ring (bicyclic) bond motifs is 1. The van der Waals surface area contributed by atoms with Gasteiger partial charge in [-0.1, -0.05) is 23.4 Å². The quantitative estimate of drug-likeness (QED) is 0.612. The summed E-state index contributed by atoms with van der Waals surface area (Å²) in [6, 6.07) is 5.38. The fraction of sp³-hybridized carbons (Fsp3) is 0.0833. The summed E-state index contributed by atoms with van der Waals surface area (Å²) >= 11 is 5.91. The van der Waals surface area contributed by atoms with Crippen molar-refractivity contribution in [1.29, 1.82) is 0 Å². The first kappa shape index (κ1) is 11.4. The van der Waals surface area contributed by atoms with Gasteiger partial charge in [0.25, 0.3) is 0 Å². The molecule has 0 fully saturated rings. The second-order valence-electron chi connectivity index (χ2n) is 3.34. The summed E-state index contributed by atoms with van der Waals surface area (Å²) in [4.78, 5) is 18.5. The summed E-state index contributed by atoms with van der Waals surface area (Å²) in [5.74, 6) is 5.07. The van der Waals surface area contributed by atoms with Gasteiger partial charge in [-0.15, -0.1) is 0 Å². The molecule has 4 nitrogen and oxygen atoms in total. The minimum atomic E-state index is -0.441. The Kier molecular flexibility index (Phi) is 3.22. The predicted octanol–water partition coefficient (Wildman–Crippen LogP) is 1.51. The second kappa shape index (κ2) is 4.81. The highest BCUT2D eigenvalue weighted by molar-refractivity contribution is 6.34. The van der Waals surface area contributed by atoms with Gasteiger partial charge in [0.15, 0.2) is 0 Å². The van der Waals surface area contributed by atoms with E-state index < -0.39 is 5.91 Å². The van der Waals surface area contributed by atoms with Gasteiger partial charge in [0.2, 0.25) is 5.91 Å². The van der Waals surface area contributed by atoms with Gasteiger partial charge in [0.05, 0.1) is 11.9 Å². The van der Waals surface area contributed by atoms with Crippen molar-refractivity contribution in [2.45, 2.75) is 6.42 Å². The van der Waals surface area contributed by atoms with Gasteiger partial charge in [-0.25, -0.2) is 9.97 Å². The minimum Gasteiger partial charge on any atom is -0.369 e. The normalized spacial score (nSPS) is 9.71. The number of hydrogen-bond donors (Lipinski definition) is 1. The van der Waals surface area contributed by atoms with Crippen LogP contribution in [0.1, 0.15) is 12.0 Å². The van der Waals surface area contributed by atoms with Crippen molar-refractivity contribution >= 4 is 28.4 Å². The van der Waals surface area contributed by atoms with Gasteiger partial charge >= 0.3 is 0 Å². The molecule has 1 aromatic carbocycles. The van der Waals surface area contributed by atoms with Gasteiger partial charge in [-0.3, -0.25) is 4.79 Å². The molecule has 5 heteroatoms. The summed E-state index contributed by atoms with van der Waals surface area (Å²) < 4.78 is 0. The van der Waals surface area contributed by atoms with E-state index in [1.165, 1.54) is 6.33 Å². The highest BCUT2D eigenvalue weighted by Crippen LogP contribution is 2.19. The van der Waals surface area contributed by atoms with E-state index in [1.807, 2.05) is 0 Å². The molecule has 1 aromatic heterocycles. The first-order valence-corrected chi connectivity index (χ1v) is 5.22. The Morgan fingerprint density at radius 1 is 1.41 bits per heavy atom. The third-order valence-electron chi connectivity index (χ3n) is 2.08. The van der Waals surface area contributed by atoms with Crippen LogP contribution in [0.25, 0.3) is 10.9 Å². The van der Waals surface area contributed by atoms with E-state index in [-0.39, 0.29) is 6.42 Å². The Labute approximate surface area is 103 Å². The molecule has 0 aliphatic heterocycles. The third kappa shape index (κ3) is 2.71. The molecule has 0 unspecified atom stereocenters. The van der Waals surface area contributed by atoms with Crippen LogP contribution in [0.3, 0.4) is 0 Å². The molecule has 0 atom stereocenters. The predicted molar refractivity (Wildman–Crippen MR) is 65.2 cm³/mol. The van der Waals surface area contributed by atoms with Crippen molar-refractivity contribution in [3.63, 3.8) is 0 Å². The van der Waals surface area contributed by atoms with Gasteiger partial charge in [0, 0.05) is 10.9 Å². The molecule has 0 bridgehead atoms. The van der Waals surface area contributed by atoms with E-state index in [0.29, 0.717) is 5.15 Å². The van der Waals surface area contributed by atoms with Crippen LogP contribution in [0.2, 0.25) is 5.15 Å². The van der Waals surface area contributed by atoms with Crippen molar-refractivity contribution in [1.82, 2.24) is 9.97 Å². The molecule has 0 aliphatic carbocycles. The molecule has 2 aromatic rings. The van der Waals surface area contributed by atoms with Crippen molar-refractivity contribution in [2.75, 3.05) is 0 Å². The molecular formula is C12H8ClN3O. The van der Waals surface area contributed by atoms with Crippen LogP contribution in [-0.2, 0) is 4.79 Å². The Hall–Kier alpha value is -2.12. The van der Waals surface area contributed by atoms with Crippen molar-refractivity contribution in [3.05, 3.63) is 35.2 Å². The molecule has 0 saturated carbocycles. The summed E-state index contributed by atoms with van der Waals surface area (Å²) in [6.07, 6.45) is 1.44. The van der Waals surface area contributed by atoms with Crippen molar-refractivity contribution < 1.29 is 4.79 Å². The fourth-order valence-corrected chi connectivity index (χ4v) is 1.54. The van der Waals surface area contributed by atoms with Crippen LogP contribution in [0.15, 0.2) is 24.5 Å². The lowest BCUT2D eigenvalue weighted by Crippen LogP contribution is -2.08. The number of primary amides is 1. The highest BCUT2D eigenvalue weighted by atomic mass is 35.5. The summed E-state index contributed by atoms with van der Waals surface area (Å²) in [6.45, 7) is 0. The van der Waals surface area contributed by atoms with Crippen LogP contribution < -0.4 is 5.73 Å². The number of rotatable bonds is 1. The maximum Gasteiger partial charge on any atom is 0.229 e. The Morgan fingerprint density at radius 2 is 2.24 bits per heavy atom. The molecule has 0 aliphatic rings. The van der Waals surface area contributed by atoms with E-state index in [0.717, 1.165) is 16.5 Å². The molecule has 17 heavy (non-hydrogen) atoms. The fourth-order valence-electron chi connectivity index (χ4n) is 1.34. The Balaban J connectivity index is 2.37. The average Bonchev–Trinajstić information content (AvgIpc) is 2.29. The lowest BCUT2D eigenvalue weighted by molar-refractivity contribution is -0.117. The van der Waals surface area contributed by atoms with Gasteiger partial charge < -0.3 is 5.73 Å². The summed E-state index contributed by atoms with van der Waals surface area (Å²) in [5, 5.41) is 1.18. The number of nitrogens with two attached hydrogens (primary N) is 1. The molecule has 0 radical (unpaired) electrons. The highest BCUT2D eigenvalue weighted by Gasteiger charge is 2.00. The van der Waals surface area contributed by atoms with E-state index in [1.54, 1.807) is 18.2 Å². The van der Waals surface area contributed by atoms with Crippen molar-refractivity contribution in [2.24, 2.45) is 5.73 Å². The van der Waals surface area contributed by atoms with Crippen LogP contribution >= 0.6 is 11.6 Å². The van der Waals surface area contributed by atoms with Gasteiger partial charge in [-0.05, 0) is 18.2 Å². The number of halogens is 1. The van der Waals surface area contributed by atoms with Crippen LogP contribution in [0, 0.1) is 11.8 Å². The van der Waals surface area contributed by atoms with Gasteiger partial charge in [0.1, 0.15) is 11.5 Å². The van der Waals surface area contributed by atoms with E-state index in [4.69, 9.17) is 17.3 Å². The first-order valence-electron chi connectivity index (χ1n) is 4.84. The van der Waals surface area contributed by atoms with Crippen LogP contribution in [-0.4, -0.2) is 15.9 Å². The number of carbonyl (C=O) groups excluding carboxylic acids is 1. The zero-order chi connectivity index (χ0) is 12.3. The monoisotopic (exact) mass is 245 g/mol. The van der Waals surface area contributed by atoms with Crippen LogP contribution in [0.4, 0.5) is 0 Å². The molecule has 1 amide bonds. The zero-order valence-corrected chi connectivity index (χ0v) is 9.53. The summed E-state index contributed by atoms with van der Waals surface area (Å²) in [7, 11) is 0. The standard InChI is InChI=1S/C12H8ClN3O/c13-12-9-5-4-8(2-1-3-11(14)17)6-10(9)15-7-16-12/h4-7H,3H2,(H2,14,17). The van der Waals surface area contributed by atoms with E-state index >= 15 is 0 Å². The topological polar surface area (TPSA) is 68.9 Å². The molecule has 2 N–H and O–H groups in total. The lowest BCUT2D eigenvalue weighted by atomic mass is 10.1. The SMILES string of the molecule is NC(=O)CC#Cc1ccc2c(Cl)ncnc2c1. The molecular weight excluding hydrogens is 238 g/mol. The molecule has 84 valence electrons. The third-order valence-corrected chi connectivity index (χ3v) is 2.38. The molecule has 2 rings (SSSR count). The number of amides is 1. The largest absolute Gasteiger partial charge is 0.369 e. The maximum atomic E-state index is 10.5. The first-order chi connectivity index (χ1) is 8.16. The Bertz CT molecular complexity index is 643. The molecule has 1 heterocycles. The number of nitrogens with zero attached hydrogens (tertiary/aromatic N) is 2. The minimum absolute atomic E-state index is 0.0442. The Morgan fingerprint density at radius 3 is 3.00 bits per heavy atom. The second-order valence-corrected chi connectivity index (χ2v) is 3.70. The molecule has 0 saturated heterocycles. The summed E-state index contributed by atoms with van der Waals surface area (Å²) in [5.41, 5.74) is 6.46. The zero-order valence-electron chi connectivity index (χ0n) is 8.77. The smallest absolute Gasteiger partial charge is 0.229 e. The number of hydrogen-bond acceptors (Lipinski definition) is 3. The average molecular weight is 246 g/mol. The molecule has 0 spiro atoms. The maximum absolute atomic E-state index is 10.5. The van der Waals surface area contributed by atoms with Crippen LogP contribution in [0.5, 0.6) is 0 Å². The van der Waals surface area contributed by atoms with Gasteiger partial charge in [-0.2, -0.15) is 0 Å². The van der Waals surface area contributed by atoms with E-state index in [9.17, 15) is 4.79 Å². The number of benzene rings is 1. The van der Waals surface area contributed by atoms with E-state index in [2.05, 4.69) is 21.8 Å². The number of aromatic nitrogens is 2. The number of carbonyl (C=O) groups is 1. The lowest BCUT2D eigenvalue weighted by Gasteiger charge is -1.98. The van der Waals surface area contributed by atoms with Crippen molar-refractivity contribution in [3.8, 4) is 11.8 Å².